The van der Waals surface area contributed by atoms with Crippen molar-refractivity contribution in [1.82, 2.24) is 10.2 Å². The van der Waals surface area contributed by atoms with Gasteiger partial charge in [0.1, 0.15) is 5.82 Å². The molecule has 0 spiro atoms. The zero-order valence-electron chi connectivity index (χ0n) is 9.95. The molecule has 1 amide bonds. The molecule has 1 aromatic carbocycles. The monoisotopic (exact) mass is 384 g/mol. The highest BCUT2D eigenvalue weighted by atomic mass is 127. The fourth-order valence-corrected chi connectivity index (χ4v) is 2.53. The lowest BCUT2D eigenvalue weighted by molar-refractivity contribution is 0.0654. The Labute approximate surface area is 126 Å². The van der Waals surface area contributed by atoms with Crippen LogP contribution in [0.5, 0.6) is 0 Å². The Kier molecular flexibility index (Phi) is 5.81. The Hall–Kier alpha value is -0.400. The first kappa shape index (κ1) is 15.7. The largest absolute Gasteiger partial charge is 0.333 e. The smallest absolute Gasteiger partial charge is 0.255 e. The number of nitrogens with zero attached hydrogens (tertiary/aromatic N) is 1. The first-order valence-electron chi connectivity index (χ1n) is 5.56. The minimum absolute atomic E-state index is 0. The third-order valence-electron chi connectivity index (χ3n) is 2.92. The van der Waals surface area contributed by atoms with Gasteiger partial charge in [-0.15, -0.1) is 12.4 Å². The molecule has 6 heteroatoms. The van der Waals surface area contributed by atoms with Gasteiger partial charge in [-0.1, -0.05) is 0 Å². The van der Waals surface area contributed by atoms with Crippen LogP contribution < -0.4 is 5.32 Å². The second-order valence-electron chi connectivity index (χ2n) is 4.18. The standard InChI is InChI=1S/C12H14FIN2O.ClH/c1-8-7-15-4-5-16(8)12(17)10-6-9(13)2-3-11(10)14;/h2-3,6,8,15H,4-5,7H2,1H3;1H/t8-;/m0./s1. The van der Waals surface area contributed by atoms with E-state index in [0.29, 0.717) is 12.1 Å². The highest BCUT2D eigenvalue weighted by Gasteiger charge is 2.25. The lowest BCUT2D eigenvalue weighted by Gasteiger charge is -2.34. The lowest BCUT2D eigenvalue weighted by Crippen LogP contribution is -2.52. The SMILES string of the molecule is C[C@H]1CNCCN1C(=O)c1cc(F)ccc1I.Cl. The number of piperazine rings is 1. The minimum atomic E-state index is -0.364. The van der Waals surface area contributed by atoms with Crippen LogP contribution in [-0.2, 0) is 0 Å². The van der Waals surface area contributed by atoms with Gasteiger partial charge in [-0.05, 0) is 47.7 Å². The Morgan fingerprint density at radius 2 is 2.28 bits per heavy atom. The van der Waals surface area contributed by atoms with Gasteiger partial charge in [-0.3, -0.25) is 4.79 Å². The van der Waals surface area contributed by atoms with Crippen molar-refractivity contribution >= 4 is 40.9 Å². The van der Waals surface area contributed by atoms with Crippen LogP contribution >= 0.6 is 35.0 Å². The summed E-state index contributed by atoms with van der Waals surface area (Å²) in [4.78, 5) is 14.1. The highest BCUT2D eigenvalue weighted by molar-refractivity contribution is 14.1. The molecule has 0 bridgehead atoms. The lowest BCUT2D eigenvalue weighted by atomic mass is 10.1. The van der Waals surface area contributed by atoms with Crippen molar-refractivity contribution in [2.75, 3.05) is 19.6 Å². The van der Waals surface area contributed by atoms with E-state index in [1.807, 2.05) is 6.92 Å². The molecule has 0 radical (unpaired) electrons. The molecule has 18 heavy (non-hydrogen) atoms. The molecule has 1 atom stereocenters. The number of carbonyl (C=O) groups is 1. The van der Waals surface area contributed by atoms with Crippen LogP contribution in [0.4, 0.5) is 4.39 Å². The van der Waals surface area contributed by atoms with Crippen LogP contribution in [0, 0.1) is 9.39 Å². The third-order valence-corrected chi connectivity index (χ3v) is 3.86. The summed E-state index contributed by atoms with van der Waals surface area (Å²) >= 11 is 2.07. The quantitative estimate of drug-likeness (QED) is 0.754. The van der Waals surface area contributed by atoms with E-state index in [9.17, 15) is 9.18 Å². The van der Waals surface area contributed by atoms with Crippen molar-refractivity contribution in [2.45, 2.75) is 13.0 Å². The number of benzene rings is 1. The Morgan fingerprint density at radius 1 is 1.56 bits per heavy atom. The molecule has 0 aromatic heterocycles. The van der Waals surface area contributed by atoms with Gasteiger partial charge >= 0.3 is 0 Å². The number of hydrogen-bond acceptors (Lipinski definition) is 2. The van der Waals surface area contributed by atoms with Crippen LogP contribution in [0.3, 0.4) is 0 Å². The fraction of sp³-hybridized carbons (Fsp3) is 0.417. The van der Waals surface area contributed by atoms with Gasteiger partial charge in [0.15, 0.2) is 0 Å². The van der Waals surface area contributed by atoms with Gasteiger partial charge in [0.25, 0.3) is 5.91 Å². The second kappa shape index (κ2) is 6.68. The summed E-state index contributed by atoms with van der Waals surface area (Å²) in [5.41, 5.74) is 0.458. The summed E-state index contributed by atoms with van der Waals surface area (Å²) in [6.45, 7) is 4.25. The van der Waals surface area contributed by atoms with Crippen molar-refractivity contribution in [3.63, 3.8) is 0 Å². The molecule has 100 valence electrons. The Morgan fingerprint density at radius 3 is 2.94 bits per heavy atom. The number of rotatable bonds is 1. The van der Waals surface area contributed by atoms with Gasteiger partial charge in [0.05, 0.1) is 5.56 Å². The van der Waals surface area contributed by atoms with Crippen molar-refractivity contribution in [2.24, 2.45) is 0 Å². The summed E-state index contributed by atoms with van der Waals surface area (Å²) in [6, 6.07) is 4.48. The number of nitrogens with one attached hydrogen (secondary N) is 1. The summed E-state index contributed by atoms with van der Waals surface area (Å²) in [6.07, 6.45) is 0. The predicted molar refractivity (Wildman–Crippen MR) is 79.7 cm³/mol. The summed E-state index contributed by atoms with van der Waals surface area (Å²) < 4.78 is 14.0. The first-order valence-corrected chi connectivity index (χ1v) is 6.64. The molecule has 0 saturated carbocycles. The van der Waals surface area contributed by atoms with E-state index >= 15 is 0 Å². The normalized spacial score (nSPS) is 19.3. The van der Waals surface area contributed by atoms with Gasteiger partial charge in [0, 0.05) is 29.2 Å². The summed E-state index contributed by atoms with van der Waals surface area (Å²) in [7, 11) is 0. The van der Waals surface area contributed by atoms with E-state index in [1.165, 1.54) is 12.1 Å². The molecular weight excluding hydrogens is 370 g/mol. The van der Waals surface area contributed by atoms with Crippen LogP contribution in [0.25, 0.3) is 0 Å². The molecule has 2 rings (SSSR count). The average molecular weight is 385 g/mol. The van der Waals surface area contributed by atoms with Gasteiger partial charge in [0.2, 0.25) is 0 Å². The highest BCUT2D eigenvalue weighted by Crippen LogP contribution is 2.18. The Bertz CT molecular complexity index is 444. The number of hydrogen-bond donors (Lipinski definition) is 1. The maximum atomic E-state index is 13.2. The topological polar surface area (TPSA) is 32.3 Å². The zero-order valence-corrected chi connectivity index (χ0v) is 12.9. The zero-order chi connectivity index (χ0) is 12.4. The average Bonchev–Trinajstić information content (AvgIpc) is 2.32. The predicted octanol–water partition coefficient (Wildman–Crippen LogP) is 2.29. The van der Waals surface area contributed by atoms with Crippen LogP contribution in [-0.4, -0.2) is 36.5 Å². The number of amides is 1. The Balaban J connectivity index is 0.00000162. The molecule has 1 saturated heterocycles. The fourth-order valence-electron chi connectivity index (χ4n) is 1.96. The van der Waals surface area contributed by atoms with Crippen molar-refractivity contribution in [3.8, 4) is 0 Å². The molecule has 0 unspecified atom stereocenters. The van der Waals surface area contributed by atoms with E-state index in [4.69, 9.17) is 0 Å². The molecule has 3 nitrogen and oxygen atoms in total. The van der Waals surface area contributed by atoms with Crippen LogP contribution in [0.2, 0.25) is 0 Å². The summed E-state index contributed by atoms with van der Waals surface area (Å²) in [5.74, 6) is -0.445. The van der Waals surface area contributed by atoms with E-state index in [0.717, 1.165) is 16.7 Å². The number of halogens is 3. The van der Waals surface area contributed by atoms with E-state index in [2.05, 4.69) is 27.9 Å². The van der Waals surface area contributed by atoms with Crippen molar-refractivity contribution in [1.29, 1.82) is 0 Å². The maximum absolute atomic E-state index is 13.2. The summed E-state index contributed by atoms with van der Waals surface area (Å²) in [5, 5.41) is 3.23. The molecule has 1 heterocycles. The maximum Gasteiger partial charge on any atom is 0.255 e. The molecule has 1 fully saturated rings. The van der Waals surface area contributed by atoms with E-state index < -0.39 is 0 Å². The molecule has 0 aliphatic carbocycles. The first-order chi connectivity index (χ1) is 8.09. The van der Waals surface area contributed by atoms with Crippen LogP contribution in [0.1, 0.15) is 17.3 Å². The molecule has 1 aliphatic rings. The molecule has 1 aromatic rings. The minimum Gasteiger partial charge on any atom is -0.333 e. The third kappa shape index (κ3) is 3.33. The van der Waals surface area contributed by atoms with Crippen molar-refractivity contribution in [3.05, 3.63) is 33.1 Å². The van der Waals surface area contributed by atoms with Crippen LogP contribution in [0.15, 0.2) is 18.2 Å². The number of carbonyl (C=O) groups excluding carboxylic acids is 1. The van der Waals surface area contributed by atoms with Gasteiger partial charge in [-0.25, -0.2) is 4.39 Å². The van der Waals surface area contributed by atoms with E-state index in [-0.39, 0.29) is 30.2 Å². The van der Waals surface area contributed by atoms with Crippen molar-refractivity contribution < 1.29 is 9.18 Å². The molecule has 1 aliphatic heterocycles. The second-order valence-corrected chi connectivity index (χ2v) is 5.34. The van der Waals surface area contributed by atoms with Gasteiger partial charge < -0.3 is 10.2 Å². The molecular formula is C12H15ClFIN2O. The molecule has 1 N–H and O–H groups in total. The van der Waals surface area contributed by atoms with E-state index in [1.54, 1.807) is 11.0 Å². The van der Waals surface area contributed by atoms with Gasteiger partial charge in [-0.2, -0.15) is 0 Å².